The zero-order valence-electron chi connectivity index (χ0n) is 9.76. The van der Waals surface area contributed by atoms with Crippen LogP contribution in [0.15, 0.2) is 0 Å². The molecule has 0 heterocycles. The molecule has 1 atom stereocenters. The topological polar surface area (TPSA) is 72.2 Å². The van der Waals surface area contributed by atoms with E-state index >= 15 is 0 Å². The second-order valence-corrected chi connectivity index (χ2v) is 3.29. The van der Waals surface area contributed by atoms with Gasteiger partial charge >= 0.3 is 0 Å². The highest BCUT2D eigenvalue weighted by Gasteiger charge is 2.16. The minimum absolute atomic E-state index is 0.223. The van der Waals surface area contributed by atoms with Gasteiger partial charge < -0.3 is 11.1 Å². The summed E-state index contributed by atoms with van der Waals surface area (Å²) >= 11 is 0. The van der Waals surface area contributed by atoms with Gasteiger partial charge in [-0.05, 0) is 12.3 Å². The predicted molar refractivity (Wildman–Crippen MR) is 57.6 cm³/mol. The lowest BCUT2D eigenvalue weighted by atomic mass is 10.0. The first-order chi connectivity index (χ1) is 6.43. The standard InChI is InChI=1S/C8H16N2O2.C2H6/c1-5(2)4-7(8(9)12)10-6(3)11;1-2/h5,7H,4H2,1-3H3,(H2,9,12)(H,10,11);1-2H3. The van der Waals surface area contributed by atoms with Crippen LogP contribution in [-0.2, 0) is 9.59 Å². The quantitative estimate of drug-likeness (QED) is 0.715. The highest BCUT2D eigenvalue weighted by atomic mass is 16.2. The Morgan fingerprint density at radius 1 is 1.29 bits per heavy atom. The molecular weight excluding hydrogens is 180 g/mol. The molecule has 0 saturated carbocycles. The molecule has 14 heavy (non-hydrogen) atoms. The molecule has 0 aromatic rings. The number of hydrogen-bond donors (Lipinski definition) is 2. The number of carbonyl (C=O) groups is 2. The minimum atomic E-state index is -0.525. The normalized spacial score (nSPS) is 11.3. The highest BCUT2D eigenvalue weighted by Crippen LogP contribution is 2.03. The van der Waals surface area contributed by atoms with Crippen molar-refractivity contribution in [3.05, 3.63) is 0 Å². The third kappa shape index (κ3) is 9.03. The Balaban J connectivity index is 0. The van der Waals surface area contributed by atoms with Gasteiger partial charge in [-0.2, -0.15) is 0 Å². The van der Waals surface area contributed by atoms with E-state index in [2.05, 4.69) is 5.32 Å². The fourth-order valence-corrected chi connectivity index (χ4v) is 0.963. The Morgan fingerprint density at radius 2 is 1.71 bits per heavy atom. The molecule has 0 rings (SSSR count). The molecule has 0 fully saturated rings. The van der Waals surface area contributed by atoms with E-state index in [4.69, 9.17) is 5.73 Å². The molecule has 4 heteroatoms. The van der Waals surface area contributed by atoms with Gasteiger partial charge in [-0.15, -0.1) is 0 Å². The fraction of sp³-hybridized carbons (Fsp3) is 0.800. The third-order valence-electron chi connectivity index (χ3n) is 1.43. The van der Waals surface area contributed by atoms with E-state index in [1.54, 1.807) is 0 Å². The Labute approximate surface area is 86.2 Å². The smallest absolute Gasteiger partial charge is 0.240 e. The van der Waals surface area contributed by atoms with Crippen LogP contribution in [0.3, 0.4) is 0 Å². The van der Waals surface area contributed by atoms with Crippen LogP contribution in [0.4, 0.5) is 0 Å². The molecule has 3 N–H and O–H groups in total. The van der Waals surface area contributed by atoms with Gasteiger partial charge in [-0.1, -0.05) is 27.7 Å². The minimum Gasteiger partial charge on any atom is -0.368 e. The van der Waals surface area contributed by atoms with Crippen molar-refractivity contribution in [3.8, 4) is 0 Å². The summed E-state index contributed by atoms with van der Waals surface area (Å²) in [5, 5.41) is 2.50. The fourth-order valence-electron chi connectivity index (χ4n) is 0.963. The van der Waals surface area contributed by atoms with Crippen molar-refractivity contribution in [2.24, 2.45) is 11.7 Å². The van der Waals surface area contributed by atoms with E-state index in [-0.39, 0.29) is 5.91 Å². The molecule has 0 radical (unpaired) electrons. The van der Waals surface area contributed by atoms with Gasteiger partial charge in [0.25, 0.3) is 0 Å². The van der Waals surface area contributed by atoms with Gasteiger partial charge in [0, 0.05) is 6.92 Å². The summed E-state index contributed by atoms with van der Waals surface area (Å²) < 4.78 is 0. The number of nitrogens with two attached hydrogens (primary N) is 1. The first-order valence-electron chi connectivity index (χ1n) is 5.00. The van der Waals surface area contributed by atoms with E-state index < -0.39 is 11.9 Å². The molecule has 0 aliphatic carbocycles. The highest BCUT2D eigenvalue weighted by molar-refractivity contribution is 5.85. The van der Waals surface area contributed by atoms with Crippen molar-refractivity contribution in [1.82, 2.24) is 5.32 Å². The van der Waals surface area contributed by atoms with Crippen molar-refractivity contribution < 1.29 is 9.59 Å². The van der Waals surface area contributed by atoms with Gasteiger partial charge in [0.15, 0.2) is 0 Å². The van der Waals surface area contributed by atoms with Crippen LogP contribution < -0.4 is 11.1 Å². The van der Waals surface area contributed by atoms with Gasteiger partial charge in [0.1, 0.15) is 6.04 Å². The molecule has 0 aliphatic heterocycles. The largest absolute Gasteiger partial charge is 0.368 e. The van der Waals surface area contributed by atoms with Crippen LogP contribution in [0.5, 0.6) is 0 Å². The van der Waals surface area contributed by atoms with Crippen LogP contribution in [0, 0.1) is 5.92 Å². The van der Waals surface area contributed by atoms with E-state index in [0.29, 0.717) is 12.3 Å². The third-order valence-corrected chi connectivity index (χ3v) is 1.43. The summed E-state index contributed by atoms with van der Waals surface area (Å²) in [5.74, 6) is -0.354. The van der Waals surface area contributed by atoms with Gasteiger partial charge in [0.2, 0.25) is 11.8 Å². The molecule has 2 amide bonds. The average Bonchev–Trinajstić information content (AvgIpc) is 2.05. The van der Waals surface area contributed by atoms with Crippen LogP contribution in [-0.4, -0.2) is 17.9 Å². The van der Waals surface area contributed by atoms with Crippen molar-refractivity contribution in [2.75, 3.05) is 0 Å². The maximum atomic E-state index is 10.8. The van der Waals surface area contributed by atoms with Crippen molar-refractivity contribution in [2.45, 2.75) is 47.1 Å². The molecule has 0 aromatic carbocycles. The summed E-state index contributed by atoms with van der Waals surface area (Å²) in [5.41, 5.74) is 5.08. The first-order valence-corrected chi connectivity index (χ1v) is 5.00. The predicted octanol–water partition coefficient (Wildman–Crippen LogP) is 1.05. The number of hydrogen-bond acceptors (Lipinski definition) is 2. The summed E-state index contributed by atoms with van der Waals surface area (Å²) in [7, 11) is 0. The first kappa shape index (κ1) is 15.4. The molecule has 0 aromatic heterocycles. The van der Waals surface area contributed by atoms with Crippen molar-refractivity contribution >= 4 is 11.8 Å². The summed E-state index contributed by atoms with van der Waals surface area (Å²) in [6.45, 7) is 9.31. The van der Waals surface area contributed by atoms with E-state index in [9.17, 15) is 9.59 Å². The molecule has 0 saturated heterocycles. The van der Waals surface area contributed by atoms with Crippen LogP contribution in [0.2, 0.25) is 0 Å². The van der Waals surface area contributed by atoms with Crippen LogP contribution in [0.25, 0.3) is 0 Å². The molecule has 0 aliphatic rings. The SMILES string of the molecule is CC.CC(=O)NC(CC(C)C)C(N)=O. The van der Waals surface area contributed by atoms with Gasteiger partial charge in [-0.3, -0.25) is 9.59 Å². The lowest BCUT2D eigenvalue weighted by Crippen LogP contribution is -2.44. The van der Waals surface area contributed by atoms with Crippen molar-refractivity contribution in [1.29, 1.82) is 0 Å². The monoisotopic (exact) mass is 202 g/mol. The van der Waals surface area contributed by atoms with Crippen LogP contribution in [0.1, 0.15) is 41.0 Å². The van der Waals surface area contributed by atoms with Gasteiger partial charge in [-0.25, -0.2) is 0 Å². The Bertz CT molecular complexity index is 179. The number of primary amides is 1. The second kappa shape index (κ2) is 8.53. The average molecular weight is 202 g/mol. The zero-order chi connectivity index (χ0) is 11.7. The summed E-state index contributed by atoms with van der Waals surface area (Å²) in [4.78, 5) is 21.4. The zero-order valence-corrected chi connectivity index (χ0v) is 9.76. The second-order valence-electron chi connectivity index (χ2n) is 3.29. The van der Waals surface area contributed by atoms with Crippen LogP contribution >= 0.6 is 0 Å². The Hall–Kier alpha value is -1.06. The molecule has 4 nitrogen and oxygen atoms in total. The molecular formula is C10H22N2O2. The van der Waals surface area contributed by atoms with E-state index in [0.717, 1.165) is 0 Å². The van der Waals surface area contributed by atoms with E-state index in [1.165, 1.54) is 6.92 Å². The van der Waals surface area contributed by atoms with Crippen molar-refractivity contribution in [3.63, 3.8) is 0 Å². The number of nitrogens with one attached hydrogen (secondary N) is 1. The molecule has 1 unspecified atom stereocenters. The molecule has 84 valence electrons. The summed E-state index contributed by atoms with van der Waals surface area (Å²) in [6, 6.07) is -0.525. The van der Waals surface area contributed by atoms with E-state index in [1.807, 2.05) is 27.7 Å². The lowest BCUT2D eigenvalue weighted by Gasteiger charge is -2.15. The molecule has 0 bridgehead atoms. The van der Waals surface area contributed by atoms with Gasteiger partial charge in [0.05, 0.1) is 0 Å². The number of amides is 2. The number of carbonyl (C=O) groups excluding carboxylic acids is 2. The Kier molecular flexibility index (Phi) is 9.40. The Morgan fingerprint density at radius 3 is 1.93 bits per heavy atom. The number of rotatable bonds is 4. The maximum absolute atomic E-state index is 10.8. The summed E-state index contributed by atoms with van der Waals surface area (Å²) in [6.07, 6.45) is 0.592. The lowest BCUT2D eigenvalue weighted by molar-refractivity contribution is -0.126. The maximum Gasteiger partial charge on any atom is 0.240 e. The molecule has 0 spiro atoms.